The van der Waals surface area contributed by atoms with E-state index < -0.39 is 34.0 Å². The van der Waals surface area contributed by atoms with Crippen LogP contribution in [-0.2, 0) is 15.4 Å². The van der Waals surface area contributed by atoms with Crippen molar-refractivity contribution in [2.24, 2.45) is 4.99 Å². The van der Waals surface area contributed by atoms with Crippen LogP contribution in [0, 0.1) is 5.82 Å². The average Bonchev–Trinajstić information content (AvgIpc) is 3.52. The molecule has 6 rings (SSSR count). The summed E-state index contributed by atoms with van der Waals surface area (Å²) in [5.41, 5.74) is 3.02. The van der Waals surface area contributed by atoms with E-state index in [2.05, 4.69) is 20.3 Å². The van der Waals surface area contributed by atoms with E-state index in [0.717, 1.165) is 37.0 Å². The smallest absolute Gasteiger partial charge is 0.223 e. The number of anilines is 1. The fourth-order valence-electron chi connectivity index (χ4n) is 6.89. The van der Waals surface area contributed by atoms with Gasteiger partial charge < -0.3 is 10.4 Å². The quantitative estimate of drug-likeness (QED) is 0.610. The van der Waals surface area contributed by atoms with Crippen molar-refractivity contribution in [1.82, 2.24) is 14.3 Å². The molecular weight excluding hydrogens is 505 g/mol. The number of fused-ring (bicyclic) bond motifs is 4. The Balaban J connectivity index is 1.31. The molecule has 1 spiro atoms. The highest BCUT2D eigenvalue weighted by molar-refractivity contribution is 7.88. The predicted octanol–water partition coefficient (Wildman–Crippen LogP) is 4.19. The van der Waals surface area contributed by atoms with Crippen LogP contribution in [0.5, 0.6) is 0 Å². The largest absolute Gasteiger partial charge is 0.389 e. The van der Waals surface area contributed by atoms with Gasteiger partial charge >= 0.3 is 0 Å². The van der Waals surface area contributed by atoms with Crippen LogP contribution >= 0.6 is 11.6 Å². The SMILES string of the molecule is CC1=Nc2c(F)cc(-c3nc(N[C@@H]4C[C@H]5CC[C@@H]([C@H]4O)N5S(C)(=O)=O)ncc3Cl)cc2C12CCCC2. The molecule has 3 fully saturated rings. The lowest BCUT2D eigenvalue weighted by molar-refractivity contribution is 0.0472. The number of aliphatic imine (C=N–C) groups is 1. The number of aliphatic hydroxyl groups is 1. The van der Waals surface area contributed by atoms with Gasteiger partial charge in [0.1, 0.15) is 11.5 Å². The van der Waals surface area contributed by atoms with Gasteiger partial charge in [0.2, 0.25) is 16.0 Å². The maximum Gasteiger partial charge on any atom is 0.223 e. The standard InChI is InChI=1S/C25H29ClFN5O3S/c1-13-25(7-3-4-8-25)16-9-14(10-18(27)22(16)29-13)21-17(26)12-28-24(31-21)30-19-11-15-5-6-20(23(19)33)32(15)36(2,34)35/h9-10,12,15,19-20,23,33H,3-8,11H2,1-2H3,(H,28,30,31)/t15-,19-,20+,23+/m1/s1. The second kappa shape index (κ2) is 8.44. The Morgan fingerprint density at radius 1 is 1.25 bits per heavy atom. The minimum atomic E-state index is -3.41. The van der Waals surface area contributed by atoms with Crippen LogP contribution in [0.25, 0.3) is 11.3 Å². The molecule has 36 heavy (non-hydrogen) atoms. The number of sulfonamides is 1. The highest BCUT2D eigenvalue weighted by Crippen LogP contribution is 2.52. The normalized spacial score (nSPS) is 29.0. The van der Waals surface area contributed by atoms with Crippen LogP contribution in [0.3, 0.4) is 0 Å². The second-order valence-corrected chi connectivity index (χ2v) is 12.9. The Kier molecular flexibility index (Phi) is 5.68. The van der Waals surface area contributed by atoms with Crippen LogP contribution in [0.15, 0.2) is 23.3 Å². The summed E-state index contributed by atoms with van der Waals surface area (Å²) in [6.07, 6.45) is 7.59. The van der Waals surface area contributed by atoms with Crippen molar-refractivity contribution in [3.63, 3.8) is 0 Å². The lowest BCUT2D eigenvalue weighted by Crippen LogP contribution is -2.58. The Morgan fingerprint density at radius 2 is 2.00 bits per heavy atom. The highest BCUT2D eigenvalue weighted by Gasteiger charge is 2.50. The highest BCUT2D eigenvalue weighted by atomic mass is 35.5. The summed E-state index contributed by atoms with van der Waals surface area (Å²) in [5.74, 6) is -0.135. The van der Waals surface area contributed by atoms with Gasteiger partial charge in [0.25, 0.3) is 0 Å². The number of hydrogen-bond acceptors (Lipinski definition) is 7. The molecule has 4 atom stereocenters. The first-order valence-corrected chi connectivity index (χ1v) is 14.7. The first-order chi connectivity index (χ1) is 17.1. The maximum absolute atomic E-state index is 15.2. The fraction of sp³-hybridized carbons (Fsp3) is 0.560. The Hall–Kier alpha value is -2.14. The Morgan fingerprint density at radius 3 is 2.72 bits per heavy atom. The molecule has 8 nitrogen and oxygen atoms in total. The van der Waals surface area contributed by atoms with Gasteiger partial charge in [-0.25, -0.2) is 22.8 Å². The van der Waals surface area contributed by atoms with Gasteiger partial charge in [-0.05, 0) is 56.7 Å². The summed E-state index contributed by atoms with van der Waals surface area (Å²) < 4.78 is 41.1. The molecule has 192 valence electrons. The number of nitrogens with one attached hydrogen (secondary N) is 1. The van der Waals surface area contributed by atoms with Gasteiger partial charge in [-0.15, -0.1) is 0 Å². The summed E-state index contributed by atoms with van der Waals surface area (Å²) in [4.78, 5) is 13.5. The molecule has 11 heteroatoms. The van der Waals surface area contributed by atoms with Gasteiger partial charge in [0.05, 0.1) is 41.4 Å². The lowest BCUT2D eigenvalue weighted by Gasteiger charge is -2.41. The number of aromatic nitrogens is 2. The van der Waals surface area contributed by atoms with Crippen molar-refractivity contribution in [2.75, 3.05) is 11.6 Å². The number of aliphatic hydroxyl groups excluding tert-OH is 1. The average molecular weight is 534 g/mol. The molecule has 0 radical (unpaired) electrons. The van der Waals surface area contributed by atoms with Crippen molar-refractivity contribution in [3.05, 3.63) is 34.7 Å². The van der Waals surface area contributed by atoms with E-state index in [1.165, 1.54) is 22.8 Å². The summed E-state index contributed by atoms with van der Waals surface area (Å²) in [6.45, 7) is 1.98. The van der Waals surface area contributed by atoms with Gasteiger partial charge in [0.15, 0.2) is 0 Å². The number of piperidine rings is 1. The zero-order chi connectivity index (χ0) is 25.4. The summed E-state index contributed by atoms with van der Waals surface area (Å²) in [7, 11) is -3.41. The molecule has 2 saturated heterocycles. The van der Waals surface area contributed by atoms with E-state index >= 15 is 4.39 Å². The molecule has 1 aliphatic carbocycles. The van der Waals surface area contributed by atoms with E-state index in [0.29, 0.717) is 41.2 Å². The van der Waals surface area contributed by atoms with Crippen LogP contribution in [0.4, 0.5) is 16.0 Å². The molecule has 0 amide bonds. The molecule has 2 N–H and O–H groups in total. The Bertz CT molecular complexity index is 1380. The third kappa shape index (κ3) is 3.68. The number of benzene rings is 1. The van der Waals surface area contributed by atoms with E-state index in [1.54, 1.807) is 0 Å². The molecule has 0 unspecified atom stereocenters. The van der Waals surface area contributed by atoms with E-state index in [1.807, 2.05) is 13.0 Å². The molecule has 1 aromatic carbocycles. The lowest BCUT2D eigenvalue weighted by atomic mass is 9.76. The molecule has 4 heterocycles. The van der Waals surface area contributed by atoms with Gasteiger partial charge in [-0.3, -0.25) is 4.99 Å². The minimum absolute atomic E-state index is 0.172. The number of halogens is 2. The second-order valence-electron chi connectivity index (χ2n) is 10.6. The molecular formula is C25H29ClFN5O3S. The zero-order valence-corrected chi connectivity index (χ0v) is 21.8. The van der Waals surface area contributed by atoms with Gasteiger partial charge in [-0.1, -0.05) is 24.4 Å². The van der Waals surface area contributed by atoms with Crippen LogP contribution < -0.4 is 5.32 Å². The first-order valence-electron chi connectivity index (χ1n) is 12.4. The van der Waals surface area contributed by atoms with Crippen molar-refractivity contribution >= 4 is 39.0 Å². The Labute approximate surface area is 215 Å². The van der Waals surface area contributed by atoms with Crippen molar-refractivity contribution in [2.45, 2.75) is 81.5 Å². The van der Waals surface area contributed by atoms with Crippen LogP contribution in [0.2, 0.25) is 5.02 Å². The van der Waals surface area contributed by atoms with E-state index in [4.69, 9.17) is 11.6 Å². The van der Waals surface area contributed by atoms with E-state index in [9.17, 15) is 13.5 Å². The van der Waals surface area contributed by atoms with Crippen LogP contribution in [0.1, 0.15) is 57.4 Å². The molecule has 4 aliphatic rings. The number of hydrogen-bond donors (Lipinski definition) is 2. The number of rotatable bonds is 4. The van der Waals surface area contributed by atoms with Crippen molar-refractivity contribution in [3.8, 4) is 11.3 Å². The third-order valence-corrected chi connectivity index (χ3v) is 10.1. The summed E-state index contributed by atoms with van der Waals surface area (Å²) >= 11 is 6.48. The maximum atomic E-state index is 15.2. The summed E-state index contributed by atoms with van der Waals surface area (Å²) in [6, 6.07) is 2.32. The first kappa shape index (κ1) is 24.2. The third-order valence-electron chi connectivity index (χ3n) is 8.54. The van der Waals surface area contributed by atoms with Crippen molar-refractivity contribution in [1.29, 1.82) is 0 Å². The molecule has 1 aromatic heterocycles. The van der Waals surface area contributed by atoms with Crippen molar-refractivity contribution < 1.29 is 17.9 Å². The molecule has 3 aliphatic heterocycles. The monoisotopic (exact) mass is 533 g/mol. The van der Waals surface area contributed by atoms with Gasteiger partial charge in [0, 0.05) is 22.7 Å². The predicted molar refractivity (Wildman–Crippen MR) is 137 cm³/mol. The summed E-state index contributed by atoms with van der Waals surface area (Å²) in [5, 5.41) is 14.5. The fourth-order valence-corrected chi connectivity index (χ4v) is 8.55. The molecule has 2 aromatic rings. The van der Waals surface area contributed by atoms with Crippen LogP contribution in [-0.4, -0.2) is 64.0 Å². The molecule has 1 saturated carbocycles. The minimum Gasteiger partial charge on any atom is -0.389 e. The molecule has 2 bridgehead atoms. The topological polar surface area (TPSA) is 108 Å². The van der Waals surface area contributed by atoms with Gasteiger partial charge in [-0.2, -0.15) is 4.31 Å². The van der Waals surface area contributed by atoms with E-state index in [-0.39, 0.29) is 17.4 Å². The zero-order valence-electron chi connectivity index (χ0n) is 20.2. The number of nitrogens with zero attached hydrogens (tertiary/aromatic N) is 4.